The van der Waals surface area contributed by atoms with Crippen molar-refractivity contribution in [2.75, 3.05) is 31.7 Å². The number of hydrogen-bond donors (Lipinski definition) is 1. The van der Waals surface area contributed by atoms with Gasteiger partial charge in [-0.2, -0.15) is 18.3 Å². The molecule has 0 amide bonds. The van der Waals surface area contributed by atoms with Crippen molar-refractivity contribution in [1.29, 1.82) is 0 Å². The molecule has 2 aromatic heterocycles. The predicted octanol–water partition coefficient (Wildman–Crippen LogP) is 2.66. The molecule has 1 aliphatic rings. The van der Waals surface area contributed by atoms with Gasteiger partial charge in [0, 0.05) is 11.9 Å². The van der Waals surface area contributed by atoms with Crippen LogP contribution >= 0.6 is 0 Å². The number of fused-ring (bicyclic) bond motifs is 1. The third-order valence-corrected chi connectivity index (χ3v) is 4.40. The fourth-order valence-corrected chi connectivity index (χ4v) is 3.09. The van der Waals surface area contributed by atoms with E-state index < -0.39 is 18.1 Å². The van der Waals surface area contributed by atoms with Gasteiger partial charge >= 0.3 is 6.18 Å². The third-order valence-electron chi connectivity index (χ3n) is 4.40. The van der Waals surface area contributed by atoms with Crippen molar-refractivity contribution in [2.24, 2.45) is 0 Å². The molecular formula is C17H17F3N6O2. The highest BCUT2D eigenvalue weighted by Gasteiger charge is 2.37. The summed E-state index contributed by atoms with van der Waals surface area (Å²) in [5.41, 5.74) is 0.190. The van der Waals surface area contributed by atoms with Crippen LogP contribution in [0.15, 0.2) is 18.2 Å². The van der Waals surface area contributed by atoms with Gasteiger partial charge in [-0.3, -0.25) is 5.10 Å². The van der Waals surface area contributed by atoms with Crippen LogP contribution in [0.1, 0.15) is 23.6 Å². The maximum Gasteiger partial charge on any atom is 0.451 e. The van der Waals surface area contributed by atoms with Crippen LogP contribution in [0.5, 0.6) is 5.75 Å². The number of hydrogen-bond acceptors (Lipinski definition) is 7. The van der Waals surface area contributed by atoms with Crippen LogP contribution in [0, 0.1) is 6.92 Å². The molecule has 3 heterocycles. The van der Waals surface area contributed by atoms with Crippen molar-refractivity contribution in [2.45, 2.75) is 19.2 Å². The summed E-state index contributed by atoms with van der Waals surface area (Å²) in [7, 11) is 1.49. The SMILES string of the molecule is COc1ccc2nc(C(F)(F)F)nc(N3CCOC(c4n[nH]c(C)n4)C3)c2c1. The maximum absolute atomic E-state index is 13.3. The first-order valence-corrected chi connectivity index (χ1v) is 8.53. The number of nitrogens with one attached hydrogen (secondary N) is 1. The number of nitrogens with zero attached hydrogens (tertiary/aromatic N) is 5. The zero-order chi connectivity index (χ0) is 19.9. The average molecular weight is 394 g/mol. The van der Waals surface area contributed by atoms with Gasteiger partial charge < -0.3 is 14.4 Å². The minimum absolute atomic E-state index is 0.178. The van der Waals surface area contributed by atoms with E-state index in [0.29, 0.717) is 35.9 Å². The predicted molar refractivity (Wildman–Crippen MR) is 93.1 cm³/mol. The summed E-state index contributed by atoms with van der Waals surface area (Å²) >= 11 is 0. The smallest absolute Gasteiger partial charge is 0.451 e. The summed E-state index contributed by atoms with van der Waals surface area (Å²) in [6, 6.07) is 4.69. The summed E-state index contributed by atoms with van der Waals surface area (Å²) in [6.45, 7) is 2.70. The van der Waals surface area contributed by atoms with Crippen LogP contribution in [0.4, 0.5) is 19.0 Å². The van der Waals surface area contributed by atoms with Gasteiger partial charge in [0.1, 0.15) is 23.5 Å². The van der Waals surface area contributed by atoms with E-state index in [1.165, 1.54) is 13.2 Å². The molecule has 1 N–H and O–H groups in total. The van der Waals surface area contributed by atoms with Gasteiger partial charge in [0.05, 0.1) is 25.8 Å². The lowest BCUT2D eigenvalue weighted by Gasteiger charge is -2.33. The molecule has 11 heteroatoms. The summed E-state index contributed by atoms with van der Waals surface area (Å²) in [5, 5.41) is 7.31. The standard InChI is InChI=1S/C17H17F3N6O2/c1-9-21-14(25-24-9)13-8-26(5-6-28-13)15-11-7-10(27-2)3-4-12(11)22-16(23-15)17(18,19)20/h3-4,7,13H,5-6,8H2,1-2H3,(H,21,24,25). The van der Waals surface area contributed by atoms with Crippen LogP contribution < -0.4 is 9.64 Å². The topological polar surface area (TPSA) is 89.0 Å². The highest BCUT2D eigenvalue weighted by atomic mass is 19.4. The van der Waals surface area contributed by atoms with E-state index in [1.54, 1.807) is 24.0 Å². The van der Waals surface area contributed by atoms with Crippen LogP contribution in [0.25, 0.3) is 10.9 Å². The van der Waals surface area contributed by atoms with Crippen molar-refractivity contribution in [3.05, 3.63) is 35.7 Å². The number of aromatic amines is 1. The number of aryl methyl sites for hydroxylation is 1. The van der Waals surface area contributed by atoms with E-state index in [1.807, 2.05) is 0 Å². The van der Waals surface area contributed by atoms with Gasteiger partial charge in [-0.05, 0) is 25.1 Å². The monoisotopic (exact) mass is 394 g/mol. The lowest BCUT2D eigenvalue weighted by atomic mass is 10.2. The van der Waals surface area contributed by atoms with E-state index in [4.69, 9.17) is 9.47 Å². The first-order chi connectivity index (χ1) is 13.3. The van der Waals surface area contributed by atoms with Crippen molar-refractivity contribution in [1.82, 2.24) is 25.1 Å². The average Bonchev–Trinajstić information content (AvgIpc) is 3.12. The zero-order valence-corrected chi connectivity index (χ0v) is 15.1. The van der Waals surface area contributed by atoms with Crippen molar-refractivity contribution < 1.29 is 22.6 Å². The number of morpholine rings is 1. The number of rotatable bonds is 3. The number of methoxy groups -OCH3 is 1. The van der Waals surface area contributed by atoms with Crippen LogP contribution in [-0.4, -0.2) is 52.0 Å². The molecule has 28 heavy (non-hydrogen) atoms. The Labute approximate surface area is 157 Å². The van der Waals surface area contributed by atoms with Crippen molar-refractivity contribution in [3.63, 3.8) is 0 Å². The van der Waals surface area contributed by atoms with E-state index in [9.17, 15) is 13.2 Å². The van der Waals surface area contributed by atoms with Crippen molar-refractivity contribution in [3.8, 4) is 5.75 Å². The van der Waals surface area contributed by atoms with Gasteiger partial charge in [0.25, 0.3) is 0 Å². The molecule has 4 rings (SSSR count). The number of ether oxygens (including phenoxy) is 2. The fraction of sp³-hybridized carbons (Fsp3) is 0.412. The molecule has 3 aromatic rings. The third kappa shape index (κ3) is 3.44. The van der Waals surface area contributed by atoms with Gasteiger partial charge in [0.2, 0.25) is 5.82 Å². The van der Waals surface area contributed by atoms with Gasteiger partial charge in [-0.15, -0.1) is 0 Å². The molecule has 1 fully saturated rings. The van der Waals surface area contributed by atoms with Crippen molar-refractivity contribution >= 4 is 16.7 Å². The Morgan fingerprint density at radius 1 is 1.25 bits per heavy atom. The number of anilines is 1. The van der Waals surface area contributed by atoms with Gasteiger partial charge in [0.15, 0.2) is 5.82 Å². The molecule has 8 nitrogen and oxygen atoms in total. The first kappa shape index (κ1) is 18.4. The summed E-state index contributed by atoms with van der Waals surface area (Å²) in [4.78, 5) is 13.5. The van der Waals surface area contributed by atoms with Crippen LogP contribution in [-0.2, 0) is 10.9 Å². The second-order valence-corrected chi connectivity index (χ2v) is 6.34. The molecule has 0 spiro atoms. The number of H-pyrrole nitrogens is 1. The Morgan fingerprint density at radius 3 is 2.75 bits per heavy atom. The molecule has 1 aromatic carbocycles. The van der Waals surface area contributed by atoms with Gasteiger partial charge in [-0.1, -0.05) is 0 Å². The normalized spacial score (nSPS) is 17.9. The Bertz CT molecular complexity index is 1010. The van der Waals surface area contributed by atoms with E-state index >= 15 is 0 Å². The molecule has 1 saturated heterocycles. The van der Waals surface area contributed by atoms with E-state index in [2.05, 4.69) is 25.1 Å². The maximum atomic E-state index is 13.3. The minimum Gasteiger partial charge on any atom is -0.497 e. The highest BCUT2D eigenvalue weighted by molar-refractivity contribution is 5.90. The molecule has 0 saturated carbocycles. The molecule has 0 aliphatic carbocycles. The van der Waals surface area contributed by atoms with E-state index in [0.717, 1.165) is 0 Å². The number of halogens is 3. The largest absolute Gasteiger partial charge is 0.497 e. The molecular weight excluding hydrogens is 377 g/mol. The second-order valence-electron chi connectivity index (χ2n) is 6.34. The lowest BCUT2D eigenvalue weighted by molar-refractivity contribution is -0.144. The Balaban J connectivity index is 1.78. The highest BCUT2D eigenvalue weighted by Crippen LogP contribution is 2.34. The Morgan fingerprint density at radius 2 is 2.07 bits per heavy atom. The molecule has 1 aliphatic heterocycles. The first-order valence-electron chi connectivity index (χ1n) is 8.53. The lowest BCUT2D eigenvalue weighted by Crippen LogP contribution is -2.39. The summed E-state index contributed by atoms with van der Waals surface area (Å²) in [6.07, 6.45) is -5.14. The van der Waals surface area contributed by atoms with Gasteiger partial charge in [-0.25, -0.2) is 15.0 Å². The molecule has 0 bridgehead atoms. The quantitative estimate of drug-likeness (QED) is 0.731. The second kappa shape index (κ2) is 6.89. The zero-order valence-electron chi connectivity index (χ0n) is 15.1. The minimum atomic E-state index is -4.66. The molecule has 0 radical (unpaired) electrons. The molecule has 1 atom stereocenters. The Kier molecular flexibility index (Phi) is 4.53. The number of benzene rings is 1. The van der Waals surface area contributed by atoms with E-state index in [-0.39, 0.29) is 17.9 Å². The fourth-order valence-electron chi connectivity index (χ4n) is 3.09. The summed E-state index contributed by atoms with van der Waals surface area (Å²) < 4.78 is 50.9. The Hall–Kier alpha value is -2.95. The summed E-state index contributed by atoms with van der Waals surface area (Å²) in [5.74, 6) is 0.585. The van der Waals surface area contributed by atoms with Crippen LogP contribution in [0.3, 0.4) is 0 Å². The molecule has 148 valence electrons. The number of alkyl halides is 3. The molecule has 1 unspecified atom stereocenters. The van der Waals surface area contributed by atoms with Crippen LogP contribution in [0.2, 0.25) is 0 Å². The number of aromatic nitrogens is 5.